The van der Waals surface area contributed by atoms with E-state index >= 15 is 0 Å². The molecule has 0 amide bonds. The Morgan fingerprint density at radius 3 is 2.25 bits per heavy atom. The maximum atomic E-state index is 5.45. The van der Waals surface area contributed by atoms with Gasteiger partial charge in [-0.1, -0.05) is 6.92 Å². The minimum Gasteiger partial charge on any atom is -0.313 e. The molecule has 4 rings (SSSR count). The zero-order valence-electron chi connectivity index (χ0n) is 13.2. The number of unbranched alkanes of at least 4 members (excludes halogenated alkanes) is 1. The van der Waals surface area contributed by atoms with E-state index in [9.17, 15) is 0 Å². The minimum absolute atomic E-state index is 0.637. The quantitative estimate of drug-likeness (QED) is 0.536. The number of rotatable bonds is 7. The largest absolute Gasteiger partial charge is 0.313 e. The van der Waals surface area contributed by atoms with Crippen LogP contribution in [-0.4, -0.2) is 12.6 Å². The van der Waals surface area contributed by atoms with Crippen LogP contribution in [0.15, 0.2) is 0 Å². The first-order valence-corrected chi connectivity index (χ1v) is 8.92. The SMILES string of the molecule is C#CCCCC(NCCC)C12CC3CC(CC(C3)C1)C2. The van der Waals surface area contributed by atoms with Crippen LogP contribution in [0.1, 0.15) is 71.1 Å². The summed E-state index contributed by atoms with van der Waals surface area (Å²) in [6.45, 7) is 3.47. The molecule has 112 valence electrons. The molecule has 1 atom stereocenters. The summed E-state index contributed by atoms with van der Waals surface area (Å²) in [7, 11) is 0. The molecule has 0 aromatic rings. The van der Waals surface area contributed by atoms with Gasteiger partial charge in [0.2, 0.25) is 0 Å². The van der Waals surface area contributed by atoms with Gasteiger partial charge in [0.05, 0.1) is 0 Å². The molecule has 0 radical (unpaired) electrons. The van der Waals surface area contributed by atoms with Crippen molar-refractivity contribution in [1.82, 2.24) is 5.32 Å². The van der Waals surface area contributed by atoms with Crippen LogP contribution in [0.3, 0.4) is 0 Å². The summed E-state index contributed by atoms with van der Waals surface area (Å²) >= 11 is 0. The Labute approximate surface area is 125 Å². The molecule has 20 heavy (non-hydrogen) atoms. The highest BCUT2D eigenvalue weighted by atomic mass is 14.9. The Morgan fingerprint density at radius 2 is 1.75 bits per heavy atom. The van der Waals surface area contributed by atoms with E-state index in [0.717, 1.165) is 30.2 Å². The van der Waals surface area contributed by atoms with Crippen LogP contribution in [-0.2, 0) is 0 Å². The fraction of sp³-hybridized carbons (Fsp3) is 0.895. The first kappa shape index (κ1) is 14.5. The van der Waals surface area contributed by atoms with Crippen molar-refractivity contribution in [1.29, 1.82) is 0 Å². The molecule has 0 aliphatic heterocycles. The van der Waals surface area contributed by atoms with E-state index in [1.165, 1.54) is 45.1 Å². The lowest BCUT2D eigenvalue weighted by atomic mass is 9.47. The monoisotopic (exact) mass is 273 g/mol. The first-order valence-electron chi connectivity index (χ1n) is 8.92. The Balaban J connectivity index is 1.70. The van der Waals surface area contributed by atoms with E-state index in [1.807, 2.05) is 0 Å². The van der Waals surface area contributed by atoms with Gasteiger partial charge in [-0.05, 0) is 87.5 Å². The molecule has 1 N–H and O–H groups in total. The summed E-state index contributed by atoms with van der Waals surface area (Å²) in [5.41, 5.74) is 0.637. The number of hydrogen-bond acceptors (Lipinski definition) is 1. The molecule has 4 fully saturated rings. The lowest BCUT2D eigenvalue weighted by Gasteiger charge is -2.59. The van der Waals surface area contributed by atoms with Crippen molar-refractivity contribution in [2.45, 2.75) is 77.2 Å². The lowest BCUT2D eigenvalue weighted by molar-refractivity contribution is -0.0753. The molecule has 1 heteroatoms. The minimum atomic E-state index is 0.637. The second kappa shape index (κ2) is 6.10. The van der Waals surface area contributed by atoms with Gasteiger partial charge < -0.3 is 5.32 Å². The summed E-state index contributed by atoms with van der Waals surface area (Å²) in [6.07, 6.45) is 19.3. The standard InChI is InChI=1S/C19H31N/c1-3-5-6-7-18(20-8-4-2)19-12-15-9-16(13-19)11-17(10-15)14-19/h1,15-18,20H,4-14H2,2H3. The van der Waals surface area contributed by atoms with Crippen LogP contribution in [0.4, 0.5) is 0 Å². The Bertz CT molecular complexity index is 329. The molecule has 4 saturated carbocycles. The number of nitrogens with one attached hydrogen (secondary N) is 1. The highest BCUT2D eigenvalue weighted by Crippen LogP contribution is 2.61. The maximum Gasteiger partial charge on any atom is 0.0124 e. The molecule has 1 unspecified atom stereocenters. The highest BCUT2D eigenvalue weighted by molar-refractivity contribution is 5.06. The predicted molar refractivity (Wildman–Crippen MR) is 85.4 cm³/mol. The van der Waals surface area contributed by atoms with Gasteiger partial charge in [-0.15, -0.1) is 12.3 Å². The van der Waals surface area contributed by atoms with Gasteiger partial charge in [0.15, 0.2) is 0 Å². The Hall–Kier alpha value is -0.480. The van der Waals surface area contributed by atoms with Gasteiger partial charge in [-0.2, -0.15) is 0 Å². The smallest absolute Gasteiger partial charge is 0.0124 e. The topological polar surface area (TPSA) is 12.0 Å². The van der Waals surface area contributed by atoms with Crippen LogP contribution in [0.2, 0.25) is 0 Å². The van der Waals surface area contributed by atoms with Crippen LogP contribution in [0, 0.1) is 35.5 Å². The average molecular weight is 273 g/mol. The zero-order valence-corrected chi connectivity index (χ0v) is 13.2. The average Bonchev–Trinajstić information content (AvgIpc) is 2.41. The van der Waals surface area contributed by atoms with Gasteiger partial charge in [0.1, 0.15) is 0 Å². The van der Waals surface area contributed by atoms with E-state index in [4.69, 9.17) is 6.42 Å². The van der Waals surface area contributed by atoms with Crippen molar-refractivity contribution in [3.05, 3.63) is 0 Å². The van der Waals surface area contributed by atoms with Crippen LogP contribution < -0.4 is 5.32 Å². The van der Waals surface area contributed by atoms with Crippen molar-refractivity contribution in [3.63, 3.8) is 0 Å². The van der Waals surface area contributed by atoms with Gasteiger partial charge in [0, 0.05) is 12.5 Å². The molecule has 0 saturated heterocycles. The molecule has 0 aromatic heterocycles. The molecule has 1 nitrogen and oxygen atoms in total. The summed E-state index contributed by atoms with van der Waals surface area (Å²) < 4.78 is 0. The third-order valence-corrected chi connectivity index (χ3v) is 6.28. The van der Waals surface area contributed by atoms with Crippen LogP contribution >= 0.6 is 0 Å². The van der Waals surface area contributed by atoms with Gasteiger partial charge in [-0.25, -0.2) is 0 Å². The molecule has 0 heterocycles. The third-order valence-electron chi connectivity index (χ3n) is 6.28. The van der Waals surface area contributed by atoms with Crippen molar-refractivity contribution in [2.75, 3.05) is 6.54 Å². The van der Waals surface area contributed by atoms with Crippen molar-refractivity contribution in [3.8, 4) is 12.3 Å². The molecule has 0 spiro atoms. The first-order chi connectivity index (χ1) is 9.75. The van der Waals surface area contributed by atoms with E-state index in [0.29, 0.717) is 5.41 Å². The lowest BCUT2D eigenvalue weighted by Crippen LogP contribution is -2.56. The second-order valence-electron chi connectivity index (χ2n) is 7.88. The van der Waals surface area contributed by atoms with E-state index in [2.05, 4.69) is 18.2 Å². The highest BCUT2D eigenvalue weighted by Gasteiger charge is 2.53. The predicted octanol–water partition coefficient (Wildman–Crippen LogP) is 4.37. The Kier molecular flexibility index (Phi) is 4.41. The fourth-order valence-electron chi connectivity index (χ4n) is 5.96. The molecule has 4 aliphatic carbocycles. The number of hydrogen-bond donors (Lipinski definition) is 1. The molecular weight excluding hydrogens is 242 g/mol. The number of terminal acetylenes is 1. The van der Waals surface area contributed by atoms with E-state index in [-0.39, 0.29) is 0 Å². The summed E-state index contributed by atoms with van der Waals surface area (Å²) in [4.78, 5) is 0. The molecule has 4 aliphatic rings. The summed E-state index contributed by atoms with van der Waals surface area (Å²) in [6, 6.07) is 0.740. The third kappa shape index (κ3) is 2.77. The summed E-state index contributed by atoms with van der Waals surface area (Å²) in [5.74, 6) is 5.99. The molecular formula is C19H31N. The van der Waals surface area contributed by atoms with Crippen molar-refractivity contribution < 1.29 is 0 Å². The van der Waals surface area contributed by atoms with Gasteiger partial charge >= 0.3 is 0 Å². The van der Waals surface area contributed by atoms with E-state index < -0.39 is 0 Å². The van der Waals surface area contributed by atoms with Gasteiger partial charge in [-0.3, -0.25) is 0 Å². The second-order valence-corrected chi connectivity index (χ2v) is 7.88. The summed E-state index contributed by atoms with van der Waals surface area (Å²) in [5, 5.41) is 3.92. The van der Waals surface area contributed by atoms with Crippen LogP contribution in [0.25, 0.3) is 0 Å². The van der Waals surface area contributed by atoms with Gasteiger partial charge in [0.25, 0.3) is 0 Å². The van der Waals surface area contributed by atoms with Crippen LogP contribution in [0.5, 0.6) is 0 Å². The van der Waals surface area contributed by atoms with Crippen molar-refractivity contribution in [2.24, 2.45) is 23.2 Å². The van der Waals surface area contributed by atoms with Crippen molar-refractivity contribution >= 4 is 0 Å². The normalized spacial score (nSPS) is 39.7. The van der Waals surface area contributed by atoms with E-state index in [1.54, 1.807) is 19.3 Å². The molecule has 0 aromatic carbocycles. The maximum absolute atomic E-state index is 5.45. The molecule has 4 bridgehead atoms. The fourth-order valence-corrected chi connectivity index (χ4v) is 5.96. The Morgan fingerprint density at radius 1 is 1.15 bits per heavy atom. The zero-order chi connectivity index (χ0) is 14.0.